The second kappa shape index (κ2) is 6.74. The van der Waals surface area contributed by atoms with Gasteiger partial charge in [0.2, 0.25) is 0 Å². The molecule has 0 amide bonds. The lowest BCUT2D eigenvalue weighted by Gasteiger charge is -2.14. The van der Waals surface area contributed by atoms with Gasteiger partial charge in [0, 0.05) is 0 Å². The predicted octanol–water partition coefficient (Wildman–Crippen LogP) is 3.20. The second-order valence-electron chi connectivity index (χ2n) is 4.65. The summed E-state index contributed by atoms with van der Waals surface area (Å²) in [5.41, 5.74) is 9.10. The van der Waals surface area contributed by atoms with E-state index < -0.39 is 0 Å². The topological polar surface area (TPSA) is 59.0 Å². The van der Waals surface area contributed by atoms with Gasteiger partial charge in [0.25, 0.3) is 0 Å². The molecule has 0 aromatic heterocycles. The van der Waals surface area contributed by atoms with Gasteiger partial charge in [-0.1, -0.05) is 31.2 Å². The number of ether oxygens (including phenoxy) is 1. The Morgan fingerprint density at radius 1 is 1.10 bits per heavy atom. The van der Waals surface area contributed by atoms with E-state index in [-0.39, 0.29) is 6.04 Å². The fourth-order valence-electron chi connectivity index (χ4n) is 1.91. The van der Waals surface area contributed by atoms with E-state index in [0.717, 1.165) is 17.7 Å². The van der Waals surface area contributed by atoms with Crippen molar-refractivity contribution in [2.45, 2.75) is 19.4 Å². The number of rotatable bonds is 5. The Balaban J connectivity index is 1.93. The van der Waals surface area contributed by atoms with Gasteiger partial charge < -0.3 is 10.5 Å². The minimum absolute atomic E-state index is 0.156. The maximum atomic E-state index is 8.73. The van der Waals surface area contributed by atoms with Gasteiger partial charge in [-0.3, -0.25) is 0 Å². The monoisotopic (exact) mass is 266 g/mol. The first kappa shape index (κ1) is 14.1. The number of hydrogen-bond acceptors (Lipinski definition) is 3. The first-order valence-corrected chi connectivity index (χ1v) is 6.70. The van der Waals surface area contributed by atoms with Crippen LogP contribution in [-0.4, -0.2) is 6.61 Å². The summed E-state index contributed by atoms with van der Waals surface area (Å²) in [7, 11) is 0. The predicted molar refractivity (Wildman–Crippen MR) is 79.4 cm³/mol. The third kappa shape index (κ3) is 3.59. The molecule has 0 radical (unpaired) electrons. The summed E-state index contributed by atoms with van der Waals surface area (Å²) >= 11 is 0. The second-order valence-corrected chi connectivity index (χ2v) is 4.65. The van der Waals surface area contributed by atoms with Gasteiger partial charge in [-0.25, -0.2) is 0 Å². The van der Waals surface area contributed by atoms with Crippen LogP contribution in [0, 0.1) is 11.3 Å². The molecule has 0 spiro atoms. The zero-order valence-electron chi connectivity index (χ0n) is 11.5. The summed E-state index contributed by atoms with van der Waals surface area (Å²) < 4.78 is 5.64. The van der Waals surface area contributed by atoms with Gasteiger partial charge in [-0.15, -0.1) is 0 Å². The number of nitrogens with two attached hydrogens (primary N) is 1. The highest BCUT2D eigenvalue weighted by Crippen LogP contribution is 2.16. The smallest absolute Gasteiger partial charge is 0.119 e. The third-order valence-corrected chi connectivity index (χ3v) is 3.23. The molecule has 2 aromatic carbocycles. The van der Waals surface area contributed by atoms with E-state index in [4.69, 9.17) is 15.7 Å². The number of nitriles is 1. The number of nitrogens with zero attached hydrogens (tertiary/aromatic N) is 1. The molecule has 0 aliphatic heterocycles. The Labute approximate surface area is 119 Å². The van der Waals surface area contributed by atoms with Gasteiger partial charge in [-0.2, -0.15) is 5.26 Å². The lowest BCUT2D eigenvalue weighted by molar-refractivity contribution is 0.290. The molecule has 102 valence electrons. The normalized spacial score (nSPS) is 11.7. The highest BCUT2D eigenvalue weighted by molar-refractivity contribution is 5.34. The van der Waals surface area contributed by atoms with Crippen molar-refractivity contribution in [2.24, 2.45) is 5.73 Å². The summed E-state index contributed by atoms with van der Waals surface area (Å²) in [5, 5.41) is 8.73. The maximum Gasteiger partial charge on any atom is 0.119 e. The Morgan fingerprint density at radius 2 is 1.75 bits per heavy atom. The third-order valence-electron chi connectivity index (χ3n) is 3.23. The fraction of sp³-hybridized carbons (Fsp3) is 0.235. The van der Waals surface area contributed by atoms with Crippen molar-refractivity contribution in [1.29, 1.82) is 5.26 Å². The van der Waals surface area contributed by atoms with Crippen LogP contribution < -0.4 is 10.5 Å². The van der Waals surface area contributed by atoms with Crippen molar-refractivity contribution >= 4 is 0 Å². The van der Waals surface area contributed by atoms with Crippen molar-refractivity contribution in [3.63, 3.8) is 0 Å². The largest absolute Gasteiger partial charge is 0.492 e. The van der Waals surface area contributed by atoms with Crippen LogP contribution in [0.4, 0.5) is 0 Å². The average molecular weight is 266 g/mol. The number of aryl methyl sites for hydroxylation is 1. The molecule has 0 aliphatic carbocycles. The van der Waals surface area contributed by atoms with Gasteiger partial charge >= 0.3 is 0 Å². The average Bonchev–Trinajstić information content (AvgIpc) is 2.53. The molecule has 2 N–H and O–H groups in total. The van der Waals surface area contributed by atoms with Crippen LogP contribution in [0.2, 0.25) is 0 Å². The highest BCUT2D eigenvalue weighted by Gasteiger charge is 2.07. The van der Waals surface area contributed by atoms with E-state index >= 15 is 0 Å². The van der Waals surface area contributed by atoms with E-state index in [0.29, 0.717) is 12.2 Å². The lowest BCUT2D eigenvalue weighted by atomic mass is 10.1. The minimum Gasteiger partial charge on any atom is -0.492 e. The lowest BCUT2D eigenvalue weighted by Crippen LogP contribution is -2.18. The van der Waals surface area contributed by atoms with Crippen molar-refractivity contribution < 1.29 is 4.74 Å². The molecule has 20 heavy (non-hydrogen) atoms. The van der Waals surface area contributed by atoms with Gasteiger partial charge in [0.1, 0.15) is 12.4 Å². The Hall–Kier alpha value is -2.31. The molecule has 2 rings (SSSR count). The molecular formula is C17H18N2O. The number of benzene rings is 2. The molecule has 0 fully saturated rings. The van der Waals surface area contributed by atoms with Crippen LogP contribution in [-0.2, 0) is 6.42 Å². The molecule has 0 saturated carbocycles. The Kier molecular flexibility index (Phi) is 4.75. The van der Waals surface area contributed by atoms with E-state index in [1.54, 1.807) is 24.3 Å². The quantitative estimate of drug-likeness (QED) is 0.904. The molecule has 0 bridgehead atoms. The van der Waals surface area contributed by atoms with Gasteiger partial charge in [0.05, 0.1) is 17.7 Å². The Bertz CT molecular complexity index is 582. The molecule has 0 aliphatic rings. The fourth-order valence-corrected chi connectivity index (χ4v) is 1.91. The molecule has 3 nitrogen and oxygen atoms in total. The van der Waals surface area contributed by atoms with Crippen molar-refractivity contribution in [2.75, 3.05) is 6.61 Å². The summed E-state index contributed by atoms with van der Waals surface area (Å²) in [5.74, 6) is 0.727. The molecule has 3 heteroatoms. The summed E-state index contributed by atoms with van der Waals surface area (Å²) in [6.07, 6.45) is 1.03. The standard InChI is InChI=1S/C17H18N2O/c1-2-13-3-7-15(8-4-13)17(19)12-20-16-9-5-14(11-18)6-10-16/h3-10,17H,2,12,19H2,1H3. The van der Waals surface area contributed by atoms with Crippen LogP contribution in [0.25, 0.3) is 0 Å². The van der Waals surface area contributed by atoms with E-state index in [1.165, 1.54) is 5.56 Å². The van der Waals surface area contributed by atoms with Crippen LogP contribution in [0.15, 0.2) is 48.5 Å². The molecule has 0 heterocycles. The Morgan fingerprint density at radius 3 is 2.30 bits per heavy atom. The maximum absolute atomic E-state index is 8.73. The molecule has 1 unspecified atom stereocenters. The van der Waals surface area contributed by atoms with Crippen molar-refractivity contribution in [3.8, 4) is 11.8 Å². The highest BCUT2D eigenvalue weighted by atomic mass is 16.5. The summed E-state index contributed by atoms with van der Waals surface area (Å²) in [6, 6.07) is 17.2. The zero-order valence-corrected chi connectivity index (χ0v) is 11.5. The van der Waals surface area contributed by atoms with E-state index in [1.807, 2.05) is 12.1 Å². The van der Waals surface area contributed by atoms with Crippen LogP contribution in [0.5, 0.6) is 5.75 Å². The van der Waals surface area contributed by atoms with E-state index in [9.17, 15) is 0 Å². The van der Waals surface area contributed by atoms with Crippen molar-refractivity contribution in [1.82, 2.24) is 0 Å². The molecular weight excluding hydrogens is 248 g/mol. The molecule has 0 saturated heterocycles. The van der Waals surface area contributed by atoms with E-state index in [2.05, 4.69) is 25.1 Å². The van der Waals surface area contributed by atoms with Gasteiger partial charge in [0.15, 0.2) is 0 Å². The van der Waals surface area contributed by atoms with Crippen molar-refractivity contribution in [3.05, 3.63) is 65.2 Å². The zero-order chi connectivity index (χ0) is 14.4. The van der Waals surface area contributed by atoms with Gasteiger partial charge in [-0.05, 0) is 41.8 Å². The molecule has 1 atom stereocenters. The first-order valence-electron chi connectivity index (χ1n) is 6.70. The molecule has 2 aromatic rings. The number of hydrogen-bond donors (Lipinski definition) is 1. The summed E-state index contributed by atoms with van der Waals surface area (Å²) in [6.45, 7) is 2.54. The van der Waals surface area contributed by atoms with Crippen LogP contribution in [0.3, 0.4) is 0 Å². The first-order chi connectivity index (χ1) is 9.72. The summed E-state index contributed by atoms with van der Waals surface area (Å²) in [4.78, 5) is 0. The van der Waals surface area contributed by atoms with Crippen LogP contribution in [0.1, 0.15) is 29.7 Å². The SMILES string of the molecule is CCc1ccc(C(N)COc2ccc(C#N)cc2)cc1. The minimum atomic E-state index is -0.156. The van der Waals surface area contributed by atoms with Crippen LogP contribution >= 0.6 is 0 Å².